The maximum atomic E-state index is 13.8. The normalized spacial score (nSPS) is 18.2. The summed E-state index contributed by atoms with van der Waals surface area (Å²) in [5.74, 6) is 1.41. The van der Waals surface area contributed by atoms with Crippen LogP contribution in [0.5, 0.6) is 0 Å². The number of piperidine rings is 1. The average molecular weight is 446 g/mol. The summed E-state index contributed by atoms with van der Waals surface area (Å²) in [6.45, 7) is 4.20. The van der Waals surface area contributed by atoms with E-state index in [-0.39, 0.29) is 17.8 Å². The van der Waals surface area contributed by atoms with E-state index in [4.69, 9.17) is 9.97 Å². The Morgan fingerprint density at radius 1 is 1.09 bits per heavy atom. The molecule has 4 heterocycles. The zero-order chi connectivity index (χ0) is 22.8. The Morgan fingerprint density at radius 3 is 2.76 bits per heavy atom. The van der Waals surface area contributed by atoms with E-state index in [0.717, 1.165) is 61.3 Å². The predicted octanol–water partition coefficient (Wildman–Crippen LogP) is 4.64. The van der Waals surface area contributed by atoms with Gasteiger partial charge in [0.15, 0.2) is 5.82 Å². The zero-order valence-corrected chi connectivity index (χ0v) is 18.9. The number of amides is 1. The third-order valence-electron chi connectivity index (χ3n) is 6.62. The lowest BCUT2D eigenvalue weighted by Gasteiger charge is -2.37. The molecule has 0 saturated carbocycles. The van der Waals surface area contributed by atoms with Crippen LogP contribution in [0.2, 0.25) is 0 Å². The molecule has 0 aliphatic carbocycles. The largest absolute Gasteiger partial charge is 0.352 e. The smallest absolute Gasteiger partial charge is 0.254 e. The van der Waals surface area contributed by atoms with E-state index in [1.807, 2.05) is 17.9 Å². The SMILES string of the molecule is Cc1nc([C@H]2CCCCN2C(=O)c2ccncc2)nc2c1CCCN2Cc1cccc(F)c1. The molecular weight excluding hydrogens is 417 g/mol. The van der Waals surface area contributed by atoms with Crippen molar-refractivity contribution in [2.45, 2.75) is 51.6 Å². The fourth-order valence-corrected chi connectivity index (χ4v) is 4.97. The second-order valence-electron chi connectivity index (χ2n) is 8.87. The molecule has 1 saturated heterocycles. The van der Waals surface area contributed by atoms with Crippen molar-refractivity contribution < 1.29 is 9.18 Å². The van der Waals surface area contributed by atoms with E-state index >= 15 is 0 Å². The number of hydrogen-bond acceptors (Lipinski definition) is 5. The number of likely N-dealkylation sites (tertiary alicyclic amines) is 1. The van der Waals surface area contributed by atoms with Crippen LogP contribution in [0.1, 0.15) is 64.7 Å². The van der Waals surface area contributed by atoms with Crippen LogP contribution in [-0.4, -0.2) is 38.8 Å². The van der Waals surface area contributed by atoms with Crippen LogP contribution in [-0.2, 0) is 13.0 Å². The Labute approximate surface area is 193 Å². The third-order valence-corrected chi connectivity index (χ3v) is 6.62. The van der Waals surface area contributed by atoms with Crippen LogP contribution in [0.15, 0.2) is 48.8 Å². The minimum atomic E-state index is -0.225. The van der Waals surface area contributed by atoms with Crippen molar-refractivity contribution in [2.75, 3.05) is 18.0 Å². The molecular formula is C26H28FN5O. The molecule has 170 valence electrons. The Hall–Kier alpha value is -3.35. The van der Waals surface area contributed by atoms with Gasteiger partial charge in [-0.2, -0.15) is 0 Å². The van der Waals surface area contributed by atoms with Crippen molar-refractivity contribution in [3.8, 4) is 0 Å². The molecule has 0 unspecified atom stereocenters. The summed E-state index contributed by atoms with van der Waals surface area (Å²) in [4.78, 5) is 31.4. The summed E-state index contributed by atoms with van der Waals surface area (Å²) in [5.41, 5.74) is 3.69. The average Bonchev–Trinajstić information content (AvgIpc) is 2.84. The van der Waals surface area contributed by atoms with Crippen molar-refractivity contribution in [1.82, 2.24) is 19.9 Å². The van der Waals surface area contributed by atoms with E-state index in [0.29, 0.717) is 24.5 Å². The highest BCUT2D eigenvalue weighted by Gasteiger charge is 2.32. The van der Waals surface area contributed by atoms with Crippen molar-refractivity contribution in [3.63, 3.8) is 0 Å². The lowest BCUT2D eigenvalue weighted by Crippen LogP contribution is -2.40. The fourth-order valence-electron chi connectivity index (χ4n) is 4.97. The van der Waals surface area contributed by atoms with Gasteiger partial charge in [-0.05, 0) is 68.9 Å². The maximum absolute atomic E-state index is 13.8. The quantitative estimate of drug-likeness (QED) is 0.586. The number of halogens is 1. The van der Waals surface area contributed by atoms with E-state index in [2.05, 4.69) is 9.88 Å². The topological polar surface area (TPSA) is 62.2 Å². The molecule has 2 aliphatic heterocycles. The summed E-state index contributed by atoms with van der Waals surface area (Å²) in [6, 6.07) is 10.1. The lowest BCUT2D eigenvalue weighted by atomic mass is 9.98. The number of aromatic nitrogens is 3. The van der Waals surface area contributed by atoms with Gasteiger partial charge in [0.05, 0.1) is 6.04 Å². The molecule has 33 heavy (non-hydrogen) atoms. The number of aryl methyl sites for hydroxylation is 1. The first-order valence-electron chi connectivity index (χ1n) is 11.7. The number of hydrogen-bond donors (Lipinski definition) is 0. The lowest BCUT2D eigenvalue weighted by molar-refractivity contribution is 0.0599. The van der Waals surface area contributed by atoms with E-state index in [9.17, 15) is 9.18 Å². The first kappa shape index (κ1) is 21.5. The highest BCUT2D eigenvalue weighted by molar-refractivity contribution is 5.94. The standard InChI is InChI=1S/C26H28FN5O/c1-18-22-8-5-14-31(17-19-6-4-7-21(27)16-19)25(22)30-24(29-18)23-9-2-3-15-32(23)26(33)20-10-12-28-13-11-20/h4,6-7,10-13,16,23H,2-3,5,8-9,14-15,17H2,1H3/t23-/m1/s1. The predicted molar refractivity (Wildman–Crippen MR) is 124 cm³/mol. The third kappa shape index (κ3) is 4.45. The number of carbonyl (C=O) groups excluding carboxylic acids is 1. The highest BCUT2D eigenvalue weighted by atomic mass is 19.1. The maximum Gasteiger partial charge on any atom is 0.254 e. The minimum Gasteiger partial charge on any atom is -0.352 e. The molecule has 0 N–H and O–H groups in total. The van der Waals surface area contributed by atoms with E-state index < -0.39 is 0 Å². The molecule has 5 rings (SSSR count). The first-order chi connectivity index (χ1) is 16.1. The fraction of sp³-hybridized carbons (Fsp3) is 0.385. The molecule has 1 aromatic carbocycles. The van der Waals surface area contributed by atoms with Gasteiger partial charge >= 0.3 is 0 Å². The molecule has 2 aliphatic rings. The highest BCUT2D eigenvalue weighted by Crippen LogP contribution is 2.34. The number of rotatable bonds is 4. The van der Waals surface area contributed by atoms with Gasteiger partial charge in [-0.3, -0.25) is 9.78 Å². The molecule has 0 bridgehead atoms. The summed E-state index contributed by atoms with van der Waals surface area (Å²) >= 11 is 0. The van der Waals surface area contributed by atoms with E-state index in [1.165, 1.54) is 6.07 Å². The monoisotopic (exact) mass is 445 g/mol. The van der Waals surface area contributed by atoms with Crippen molar-refractivity contribution in [2.24, 2.45) is 0 Å². The molecule has 1 atom stereocenters. The van der Waals surface area contributed by atoms with Crippen LogP contribution >= 0.6 is 0 Å². The molecule has 1 fully saturated rings. The van der Waals surface area contributed by atoms with Crippen molar-refractivity contribution in [1.29, 1.82) is 0 Å². The number of benzene rings is 1. The first-order valence-corrected chi connectivity index (χ1v) is 11.7. The zero-order valence-electron chi connectivity index (χ0n) is 18.9. The van der Waals surface area contributed by atoms with Gasteiger partial charge < -0.3 is 9.80 Å². The molecule has 0 radical (unpaired) electrons. The Bertz CT molecular complexity index is 1150. The van der Waals surface area contributed by atoms with Gasteiger partial charge in [0, 0.05) is 48.8 Å². The van der Waals surface area contributed by atoms with Crippen LogP contribution in [0.25, 0.3) is 0 Å². The van der Waals surface area contributed by atoms with E-state index in [1.54, 1.807) is 36.7 Å². The molecule has 0 spiro atoms. The number of nitrogens with zero attached hydrogens (tertiary/aromatic N) is 5. The van der Waals surface area contributed by atoms with Gasteiger partial charge in [-0.1, -0.05) is 12.1 Å². The van der Waals surface area contributed by atoms with Gasteiger partial charge in [0.25, 0.3) is 5.91 Å². The summed E-state index contributed by atoms with van der Waals surface area (Å²) in [6.07, 6.45) is 8.11. The van der Waals surface area contributed by atoms with Crippen LogP contribution < -0.4 is 4.90 Å². The Balaban J connectivity index is 1.48. The Kier molecular flexibility index (Phi) is 6.03. The van der Waals surface area contributed by atoms with Gasteiger partial charge in [-0.15, -0.1) is 0 Å². The Morgan fingerprint density at radius 2 is 1.94 bits per heavy atom. The van der Waals surface area contributed by atoms with Crippen LogP contribution in [0, 0.1) is 12.7 Å². The second-order valence-corrected chi connectivity index (χ2v) is 8.87. The number of carbonyl (C=O) groups is 1. The molecule has 1 amide bonds. The van der Waals surface area contributed by atoms with Gasteiger partial charge in [-0.25, -0.2) is 14.4 Å². The number of fused-ring (bicyclic) bond motifs is 1. The van der Waals surface area contributed by atoms with Gasteiger partial charge in [0.1, 0.15) is 11.6 Å². The number of anilines is 1. The van der Waals surface area contributed by atoms with Crippen LogP contribution in [0.3, 0.4) is 0 Å². The summed E-state index contributed by atoms with van der Waals surface area (Å²) in [5, 5.41) is 0. The van der Waals surface area contributed by atoms with Gasteiger partial charge in [0.2, 0.25) is 0 Å². The summed E-state index contributed by atoms with van der Waals surface area (Å²) < 4.78 is 13.8. The molecule has 3 aromatic rings. The molecule has 2 aromatic heterocycles. The molecule has 6 nitrogen and oxygen atoms in total. The van der Waals surface area contributed by atoms with Crippen molar-refractivity contribution in [3.05, 3.63) is 82.8 Å². The number of pyridine rings is 1. The van der Waals surface area contributed by atoms with Crippen molar-refractivity contribution >= 4 is 11.7 Å². The molecule has 7 heteroatoms. The van der Waals surface area contributed by atoms with Crippen LogP contribution in [0.4, 0.5) is 10.2 Å². The second kappa shape index (κ2) is 9.25. The summed E-state index contributed by atoms with van der Waals surface area (Å²) in [7, 11) is 0. The minimum absolute atomic E-state index is 0.00214.